The molecule has 26 heavy (non-hydrogen) atoms. The molecule has 0 bridgehead atoms. The molecule has 8 heteroatoms. The van der Waals surface area contributed by atoms with E-state index in [0.29, 0.717) is 36.9 Å². The van der Waals surface area contributed by atoms with E-state index in [1.54, 1.807) is 35.3 Å². The van der Waals surface area contributed by atoms with Crippen LogP contribution in [-0.4, -0.2) is 32.9 Å². The average Bonchev–Trinajstić information content (AvgIpc) is 3.15. The Morgan fingerprint density at radius 1 is 1.23 bits per heavy atom. The molecule has 0 spiro atoms. The summed E-state index contributed by atoms with van der Waals surface area (Å²) < 4.78 is 15.7. The highest BCUT2D eigenvalue weighted by Crippen LogP contribution is 2.24. The molecule has 1 aliphatic rings. The van der Waals surface area contributed by atoms with Gasteiger partial charge in [0, 0.05) is 30.5 Å². The van der Waals surface area contributed by atoms with Crippen molar-refractivity contribution in [3.8, 4) is 5.69 Å². The molecular formula is C18H21FN4O3. The van der Waals surface area contributed by atoms with E-state index < -0.39 is 17.8 Å². The fourth-order valence-corrected chi connectivity index (χ4v) is 3.24. The predicted octanol–water partition coefficient (Wildman–Crippen LogP) is 2.45. The second-order valence-electron chi connectivity index (χ2n) is 6.40. The monoisotopic (exact) mass is 360 g/mol. The third kappa shape index (κ3) is 4.19. The van der Waals surface area contributed by atoms with E-state index in [4.69, 9.17) is 5.11 Å². The van der Waals surface area contributed by atoms with Crippen molar-refractivity contribution in [1.29, 1.82) is 0 Å². The van der Waals surface area contributed by atoms with Gasteiger partial charge in [-0.2, -0.15) is 5.10 Å². The number of nitrogens with one attached hydrogen (secondary N) is 2. The van der Waals surface area contributed by atoms with Crippen LogP contribution in [0.15, 0.2) is 36.7 Å². The zero-order valence-electron chi connectivity index (χ0n) is 14.2. The van der Waals surface area contributed by atoms with Crippen molar-refractivity contribution in [2.24, 2.45) is 5.92 Å². The summed E-state index contributed by atoms with van der Waals surface area (Å²) in [6.45, 7) is 0.0260. The molecule has 1 saturated carbocycles. The molecule has 2 aromatic rings. The maximum Gasteiger partial charge on any atom is 0.315 e. The number of carbonyl (C=O) groups is 2. The van der Waals surface area contributed by atoms with Gasteiger partial charge < -0.3 is 15.7 Å². The minimum absolute atomic E-state index is 0.0260. The van der Waals surface area contributed by atoms with Gasteiger partial charge in [-0.1, -0.05) is 6.07 Å². The van der Waals surface area contributed by atoms with Gasteiger partial charge in [-0.05, 0) is 43.9 Å². The number of amides is 2. The number of urea groups is 1. The first-order chi connectivity index (χ1) is 12.5. The molecule has 7 nitrogen and oxygen atoms in total. The molecule has 2 amide bonds. The van der Waals surface area contributed by atoms with Gasteiger partial charge in [-0.25, -0.2) is 13.9 Å². The van der Waals surface area contributed by atoms with Gasteiger partial charge in [0.15, 0.2) is 0 Å². The van der Waals surface area contributed by atoms with E-state index in [0.717, 1.165) is 0 Å². The summed E-state index contributed by atoms with van der Waals surface area (Å²) >= 11 is 0. The number of hydrogen-bond acceptors (Lipinski definition) is 3. The maximum absolute atomic E-state index is 14.2. The normalized spacial score (nSPS) is 19.7. The first-order valence-electron chi connectivity index (χ1n) is 8.59. The average molecular weight is 360 g/mol. The molecule has 3 rings (SSSR count). The Kier molecular flexibility index (Phi) is 5.50. The summed E-state index contributed by atoms with van der Waals surface area (Å²) in [6, 6.07) is 5.96. The molecule has 1 fully saturated rings. The number of hydrogen-bond donors (Lipinski definition) is 3. The minimum atomic E-state index is -0.779. The molecule has 1 aromatic heterocycles. The maximum atomic E-state index is 14.2. The molecule has 0 atom stereocenters. The SMILES string of the molecule is O=C(NCc1c(F)cccc1-n1cccn1)NC1CCC(C(=O)O)CC1. The highest BCUT2D eigenvalue weighted by molar-refractivity contribution is 5.74. The van der Waals surface area contributed by atoms with Crippen LogP contribution in [0.4, 0.5) is 9.18 Å². The second kappa shape index (κ2) is 7.99. The van der Waals surface area contributed by atoms with Gasteiger partial charge in [0.1, 0.15) is 5.82 Å². The number of carboxylic acid groups (broad SMARTS) is 1. The molecule has 1 aliphatic carbocycles. The summed E-state index contributed by atoms with van der Waals surface area (Å²) in [5.74, 6) is -1.52. The standard InChI is InChI=1S/C18H21FN4O3/c19-15-3-1-4-16(23-10-2-9-21-23)14(15)11-20-18(26)22-13-7-5-12(6-8-13)17(24)25/h1-4,9-10,12-13H,5-8,11H2,(H,24,25)(H2,20,22,26). The van der Waals surface area contributed by atoms with E-state index >= 15 is 0 Å². The van der Waals surface area contributed by atoms with Crippen LogP contribution in [0.2, 0.25) is 0 Å². The number of nitrogens with zero attached hydrogens (tertiary/aromatic N) is 2. The van der Waals surface area contributed by atoms with Crippen molar-refractivity contribution in [3.05, 3.63) is 48.0 Å². The van der Waals surface area contributed by atoms with E-state index in [9.17, 15) is 14.0 Å². The Morgan fingerprint density at radius 3 is 2.65 bits per heavy atom. The van der Waals surface area contributed by atoms with Crippen LogP contribution in [0.1, 0.15) is 31.2 Å². The van der Waals surface area contributed by atoms with Crippen LogP contribution in [-0.2, 0) is 11.3 Å². The van der Waals surface area contributed by atoms with Crippen molar-refractivity contribution in [2.45, 2.75) is 38.3 Å². The van der Waals surface area contributed by atoms with Crippen LogP contribution in [0.3, 0.4) is 0 Å². The van der Waals surface area contributed by atoms with Crippen LogP contribution in [0, 0.1) is 11.7 Å². The second-order valence-corrected chi connectivity index (χ2v) is 6.40. The number of carboxylic acids is 1. The van der Waals surface area contributed by atoms with Crippen molar-refractivity contribution in [1.82, 2.24) is 20.4 Å². The molecule has 0 radical (unpaired) electrons. The first-order valence-corrected chi connectivity index (χ1v) is 8.59. The summed E-state index contributed by atoms with van der Waals surface area (Å²) in [7, 11) is 0. The number of rotatable bonds is 5. The number of halogens is 1. The zero-order valence-corrected chi connectivity index (χ0v) is 14.2. The van der Waals surface area contributed by atoms with E-state index in [-0.39, 0.29) is 18.5 Å². The van der Waals surface area contributed by atoms with Gasteiger partial charge in [-0.3, -0.25) is 4.79 Å². The van der Waals surface area contributed by atoms with E-state index in [1.165, 1.54) is 6.07 Å². The van der Waals surface area contributed by atoms with Crippen LogP contribution in [0.25, 0.3) is 5.69 Å². The summed E-state index contributed by atoms with van der Waals surface area (Å²) in [5.41, 5.74) is 0.915. The lowest BCUT2D eigenvalue weighted by atomic mass is 9.86. The molecule has 1 aromatic carbocycles. The fraction of sp³-hybridized carbons (Fsp3) is 0.389. The fourth-order valence-electron chi connectivity index (χ4n) is 3.24. The lowest BCUT2D eigenvalue weighted by molar-refractivity contribution is -0.142. The lowest BCUT2D eigenvalue weighted by Crippen LogP contribution is -2.44. The Morgan fingerprint density at radius 2 is 2.00 bits per heavy atom. The van der Waals surface area contributed by atoms with Crippen LogP contribution >= 0.6 is 0 Å². The Bertz CT molecular complexity index is 771. The smallest absolute Gasteiger partial charge is 0.315 e. The van der Waals surface area contributed by atoms with Crippen molar-refractivity contribution >= 4 is 12.0 Å². The molecule has 0 unspecified atom stereocenters. The highest BCUT2D eigenvalue weighted by atomic mass is 19.1. The minimum Gasteiger partial charge on any atom is -0.481 e. The third-order valence-corrected chi connectivity index (χ3v) is 4.68. The quantitative estimate of drug-likeness (QED) is 0.763. The van der Waals surface area contributed by atoms with Gasteiger partial charge in [0.05, 0.1) is 11.6 Å². The molecule has 3 N–H and O–H groups in total. The Balaban J connectivity index is 1.56. The molecule has 0 aliphatic heterocycles. The summed E-state index contributed by atoms with van der Waals surface area (Å²) in [4.78, 5) is 23.1. The van der Waals surface area contributed by atoms with Crippen LogP contribution < -0.4 is 10.6 Å². The molecule has 1 heterocycles. The van der Waals surface area contributed by atoms with Crippen molar-refractivity contribution < 1.29 is 19.1 Å². The van der Waals surface area contributed by atoms with Gasteiger partial charge in [-0.15, -0.1) is 0 Å². The van der Waals surface area contributed by atoms with Crippen molar-refractivity contribution in [2.75, 3.05) is 0 Å². The Hall–Kier alpha value is -2.90. The van der Waals surface area contributed by atoms with E-state index in [2.05, 4.69) is 15.7 Å². The number of benzene rings is 1. The summed E-state index contributed by atoms with van der Waals surface area (Å²) in [5, 5.41) is 18.6. The lowest BCUT2D eigenvalue weighted by Gasteiger charge is -2.26. The van der Waals surface area contributed by atoms with Gasteiger partial charge in [0.2, 0.25) is 0 Å². The number of aromatic nitrogens is 2. The number of carbonyl (C=O) groups excluding carboxylic acids is 1. The molecular weight excluding hydrogens is 339 g/mol. The Labute approximate surface area is 150 Å². The van der Waals surface area contributed by atoms with Gasteiger partial charge in [0.25, 0.3) is 0 Å². The van der Waals surface area contributed by atoms with Crippen LogP contribution in [0.5, 0.6) is 0 Å². The topological polar surface area (TPSA) is 96.3 Å². The molecule has 0 saturated heterocycles. The van der Waals surface area contributed by atoms with E-state index in [1.807, 2.05) is 0 Å². The number of aliphatic carboxylic acids is 1. The van der Waals surface area contributed by atoms with Crippen molar-refractivity contribution in [3.63, 3.8) is 0 Å². The first kappa shape index (κ1) is 17.9. The summed E-state index contributed by atoms with van der Waals surface area (Å²) in [6.07, 6.45) is 5.67. The molecule has 138 valence electrons. The van der Waals surface area contributed by atoms with Gasteiger partial charge >= 0.3 is 12.0 Å². The largest absolute Gasteiger partial charge is 0.481 e. The third-order valence-electron chi connectivity index (χ3n) is 4.68. The zero-order chi connectivity index (χ0) is 18.5. The predicted molar refractivity (Wildman–Crippen MR) is 92.3 cm³/mol. The highest BCUT2D eigenvalue weighted by Gasteiger charge is 2.26.